The molecular formula is C76H118N10O25. The van der Waals surface area contributed by atoms with Crippen molar-refractivity contribution in [2.45, 2.75) is 183 Å². The van der Waals surface area contributed by atoms with Crippen molar-refractivity contribution in [1.82, 2.24) is 53.2 Å². The lowest BCUT2D eigenvalue weighted by Crippen LogP contribution is -2.55. The van der Waals surface area contributed by atoms with Crippen molar-refractivity contribution < 1.29 is 120 Å². The zero-order chi connectivity index (χ0) is 84.9. The van der Waals surface area contributed by atoms with Gasteiger partial charge >= 0.3 is 60.3 Å². The molecule has 13 N–H and O–H groups in total. The molecule has 0 saturated carbocycles. The largest absolute Gasteiger partial charge is 0.480 e. The SMILES string of the molecule is CCC(C)[C@H](NC(=O)[C@@H](NC(=O)O)C(C)CC)C(=O)O.COC(=O)CNC(=O)[C@H](CC(C)C)NC(=O)OC.COC(=O)N[C@@H](Cc1ccccc1)C(=O)NCC(=O)O.COC(=O)N[C@@H](Cc1ccccc1)C(=O)N[C@@H](Cc1ccccc1)C(=O)OC.COC(=O)[C@H](CC(C)C)NC(=O)[C@H](CC(C)C)NC(=O)OCC(C)C. The van der Waals surface area contributed by atoms with Crippen molar-refractivity contribution in [3.05, 3.63) is 108 Å². The number of benzene rings is 3. The standard InChI is InChI=1S/C21H24N2O5.C18H34N2O5.C13H16N2O5.C13H24N2O5.C11H20N2O5/c1-27-20(25)18(14-16-11-7-4-8-12-16)22-19(24)17(23-21(26)28-2)13-15-9-5-3-6-10-15;1-11(2)8-14(20-18(23)25-10-13(5)6)16(21)19-15(9-12(3)4)17(22)24-7;1-20-13(19)15-10(12(18)14-8-11(16)17)7-9-5-3-2-4-6-9;1-5-7(3)9(15-13(19)20)11(16)14-10(12(17)18)8(4)6-2;1-7(2)5-8(13-11(16)18-4)10(15)12-6-9(14)17-3/h3-12,17-18H,13-14H2,1-2H3,(H,22,24)(H,23,26);11-15H,8-10H2,1-7H3,(H,19,21)(H,20,23);2-6,10H,7-8H2,1H3,(H,14,18)(H,15,19)(H,16,17);7-10,15H,5-6H2,1-4H3,(H,14,16)(H,17,18)(H,19,20);7-8H,5-6H2,1-4H3,(H,12,15)(H,13,16)/t17-,18-;14-,15-;10-;7?,8?,9-,10-;8-/m00000/s1. The summed E-state index contributed by atoms with van der Waals surface area (Å²) in [6.45, 7) is 22.2. The van der Waals surface area contributed by atoms with Crippen LogP contribution in [0, 0.1) is 35.5 Å². The molecule has 35 heteroatoms. The molecule has 0 aliphatic heterocycles. The number of rotatable bonds is 38. The van der Waals surface area contributed by atoms with Crippen molar-refractivity contribution >= 4 is 89.8 Å². The molecule has 0 heterocycles. The Hall–Kier alpha value is -11.3. The lowest BCUT2D eigenvalue weighted by atomic mass is 9.95. The highest BCUT2D eigenvalue weighted by Crippen LogP contribution is 2.15. The summed E-state index contributed by atoms with van der Waals surface area (Å²) < 4.78 is 32.6. The lowest BCUT2D eigenvalue weighted by Gasteiger charge is -2.26. The van der Waals surface area contributed by atoms with Gasteiger partial charge in [-0.25, -0.2) is 38.4 Å². The highest BCUT2D eigenvalue weighted by Gasteiger charge is 2.34. The summed E-state index contributed by atoms with van der Waals surface area (Å²) in [5, 5.41) is 50.9. The molecule has 3 rings (SSSR count). The van der Waals surface area contributed by atoms with Gasteiger partial charge in [0.15, 0.2) is 0 Å². The van der Waals surface area contributed by atoms with Crippen molar-refractivity contribution in [2.75, 3.05) is 62.4 Å². The molecule has 111 heavy (non-hydrogen) atoms. The Labute approximate surface area is 649 Å². The van der Waals surface area contributed by atoms with E-state index in [0.29, 0.717) is 32.1 Å². The minimum Gasteiger partial charge on any atom is -0.480 e. The average Bonchev–Trinajstić information content (AvgIpc) is 0.876. The maximum atomic E-state index is 12.8. The Bertz CT molecular complexity index is 3330. The quantitative estimate of drug-likeness (QED) is 0.0237. The first-order chi connectivity index (χ1) is 52.3. The predicted molar refractivity (Wildman–Crippen MR) is 407 cm³/mol. The summed E-state index contributed by atoms with van der Waals surface area (Å²) in [6.07, 6.45) is -0.798. The van der Waals surface area contributed by atoms with E-state index in [9.17, 15) is 71.9 Å². The molecule has 3 aromatic carbocycles. The molecule has 0 fully saturated rings. The zero-order valence-electron chi connectivity index (χ0n) is 66.8. The number of aliphatic carboxylic acids is 2. The topological polar surface area (TPSA) is 502 Å². The summed E-state index contributed by atoms with van der Waals surface area (Å²) in [5.41, 5.74) is 2.56. The van der Waals surface area contributed by atoms with Crippen LogP contribution in [0.1, 0.15) is 132 Å². The van der Waals surface area contributed by atoms with Crippen LogP contribution in [0.15, 0.2) is 91.0 Å². The lowest BCUT2D eigenvalue weighted by molar-refractivity contribution is -0.146. The number of hydrogen-bond donors (Lipinski definition) is 13. The molecule has 10 atom stereocenters. The predicted octanol–water partition coefficient (Wildman–Crippen LogP) is 5.83. The number of nitrogens with one attached hydrogen (secondary N) is 10. The van der Waals surface area contributed by atoms with E-state index >= 15 is 0 Å². The Balaban J connectivity index is 0. The van der Waals surface area contributed by atoms with Crippen molar-refractivity contribution in [3.63, 3.8) is 0 Å². The van der Waals surface area contributed by atoms with E-state index in [4.69, 9.17) is 29.5 Å². The molecular weight excluding hydrogens is 1450 g/mol. The van der Waals surface area contributed by atoms with Crippen LogP contribution in [-0.4, -0.2) is 216 Å². The molecule has 0 radical (unpaired) electrons. The number of ether oxygens (including phenoxy) is 7. The van der Waals surface area contributed by atoms with Crippen LogP contribution in [0.5, 0.6) is 0 Å². The van der Waals surface area contributed by atoms with E-state index in [0.717, 1.165) is 16.7 Å². The molecule has 0 saturated heterocycles. The second-order valence-corrected chi connectivity index (χ2v) is 26.8. The minimum absolute atomic E-state index is 0.183. The van der Waals surface area contributed by atoms with Gasteiger partial charge in [0.1, 0.15) is 61.4 Å². The third kappa shape index (κ3) is 47.3. The van der Waals surface area contributed by atoms with Crippen LogP contribution in [-0.2, 0) is 100 Å². The molecule has 0 spiro atoms. The molecule has 3 aromatic rings. The molecule has 0 aromatic heterocycles. The maximum absolute atomic E-state index is 12.8. The Morgan fingerprint density at radius 2 is 0.685 bits per heavy atom. The smallest absolute Gasteiger partial charge is 0.407 e. The van der Waals surface area contributed by atoms with Crippen LogP contribution in [0.25, 0.3) is 0 Å². The summed E-state index contributed by atoms with van der Waals surface area (Å²) in [6, 6.07) is 20.7. The van der Waals surface area contributed by atoms with E-state index < -0.39 is 145 Å². The number of hydrogen-bond acceptors (Lipinski definition) is 22. The molecule has 2 unspecified atom stereocenters. The number of carbonyl (C=O) groups excluding carboxylic acids is 12. The van der Waals surface area contributed by atoms with Gasteiger partial charge in [-0.3, -0.25) is 33.6 Å². The Morgan fingerprint density at radius 1 is 0.342 bits per heavy atom. The van der Waals surface area contributed by atoms with Gasteiger partial charge in [-0.05, 0) is 71.5 Å². The van der Waals surface area contributed by atoms with Gasteiger partial charge in [-0.15, -0.1) is 0 Å². The molecule has 622 valence electrons. The third-order valence-electron chi connectivity index (χ3n) is 15.7. The van der Waals surface area contributed by atoms with E-state index in [-0.39, 0.29) is 67.9 Å². The van der Waals surface area contributed by atoms with E-state index in [2.05, 4.69) is 72.1 Å². The summed E-state index contributed by atoms with van der Waals surface area (Å²) in [7, 11) is 7.40. The van der Waals surface area contributed by atoms with Gasteiger partial charge < -0.3 is 102 Å². The Morgan fingerprint density at radius 3 is 1.05 bits per heavy atom. The van der Waals surface area contributed by atoms with Gasteiger partial charge in [0.05, 0.1) is 49.3 Å². The van der Waals surface area contributed by atoms with Crippen molar-refractivity contribution in [2.24, 2.45) is 35.5 Å². The number of methoxy groups -OCH3 is 6. The van der Waals surface area contributed by atoms with Gasteiger partial charge in [-0.1, -0.05) is 187 Å². The number of esters is 3. The average molecular weight is 1570 g/mol. The van der Waals surface area contributed by atoms with Crippen molar-refractivity contribution in [3.8, 4) is 0 Å². The Kier molecular flexibility index (Phi) is 53.0. The number of carbonyl (C=O) groups is 15. The van der Waals surface area contributed by atoms with Gasteiger partial charge in [0, 0.05) is 19.3 Å². The first-order valence-corrected chi connectivity index (χ1v) is 36.0. The summed E-state index contributed by atoms with van der Waals surface area (Å²) >= 11 is 0. The van der Waals surface area contributed by atoms with Gasteiger partial charge in [0.25, 0.3) is 0 Å². The van der Waals surface area contributed by atoms with Crippen LogP contribution in [0.3, 0.4) is 0 Å². The van der Waals surface area contributed by atoms with Crippen LogP contribution < -0.4 is 53.2 Å². The number of amides is 10. The molecule has 0 aliphatic carbocycles. The van der Waals surface area contributed by atoms with E-state index in [1.54, 1.807) is 38.1 Å². The molecule has 35 nitrogen and oxygen atoms in total. The first kappa shape index (κ1) is 102. The first-order valence-electron chi connectivity index (χ1n) is 36.0. The molecule has 0 bridgehead atoms. The normalized spacial score (nSPS) is 13.1. The second kappa shape index (κ2) is 57.8. The monoisotopic (exact) mass is 1570 g/mol. The fourth-order valence-corrected chi connectivity index (χ4v) is 9.51. The van der Waals surface area contributed by atoms with E-state index in [1.807, 2.05) is 136 Å². The number of carboxylic acids is 2. The van der Waals surface area contributed by atoms with Crippen LogP contribution >= 0.6 is 0 Å². The van der Waals surface area contributed by atoms with Crippen LogP contribution in [0.2, 0.25) is 0 Å². The third-order valence-corrected chi connectivity index (χ3v) is 15.7. The highest BCUT2D eigenvalue weighted by molar-refractivity contribution is 5.92. The van der Waals surface area contributed by atoms with Crippen molar-refractivity contribution in [1.29, 1.82) is 0 Å². The minimum atomic E-state index is -1.30. The van der Waals surface area contributed by atoms with Gasteiger partial charge in [-0.2, -0.15) is 0 Å². The van der Waals surface area contributed by atoms with E-state index in [1.165, 1.54) is 42.7 Å². The maximum Gasteiger partial charge on any atom is 0.407 e. The fourth-order valence-electron chi connectivity index (χ4n) is 9.51. The number of carboxylic acid groups (broad SMARTS) is 3. The second-order valence-electron chi connectivity index (χ2n) is 26.8. The summed E-state index contributed by atoms with van der Waals surface area (Å²) in [4.78, 5) is 174. The van der Waals surface area contributed by atoms with Gasteiger partial charge in [0.2, 0.25) is 29.5 Å². The zero-order valence-corrected chi connectivity index (χ0v) is 66.8. The highest BCUT2D eigenvalue weighted by atomic mass is 16.6. The molecule has 0 aliphatic rings. The van der Waals surface area contributed by atoms with Crippen LogP contribution in [0.4, 0.5) is 24.0 Å². The fraction of sp³-hybridized carbons (Fsp3) is 0.566. The summed E-state index contributed by atoms with van der Waals surface area (Å²) in [5.74, 6) is -6.08. The molecule has 10 amide bonds. The number of alkyl carbamates (subject to hydrolysis) is 4.